The summed E-state index contributed by atoms with van der Waals surface area (Å²) >= 11 is 0. The van der Waals surface area contributed by atoms with E-state index in [1.54, 1.807) is 13.8 Å². The number of rotatable bonds is 22. The fourth-order valence-electron chi connectivity index (χ4n) is 3.79. The van der Waals surface area contributed by atoms with Crippen molar-refractivity contribution < 1.29 is 69.0 Å². The highest BCUT2D eigenvalue weighted by atomic mass is 16.4. The highest BCUT2D eigenvalue weighted by Crippen LogP contribution is 2.03. The Hall–Kier alpha value is -4.93. The maximum Gasteiger partial charge on any atom is 0.317 e. The number of ketones is 2. The zero-order valence-corrected chi connectivity index (χ0v) is 41.6. The summed E-state index contributed by atoms with van der Waals surface area (Å²) in [4.78, 5) is 82.8. The number of aromatic nitrogens is 4. The van der Waals surface area contributed by atoms with Gasteiger partial charge in [-0.15, -0.1) is 10.2 Å². The third kappa shape index (κ3) is 73.8. The van der Waals surface area contributed by atoms with Crippen LogP contribution in [0.4, 0.5) is 0 Å². The van der Waals surface area contributed by atoms with Crippen LogP contribution in [-0.2, 0) is 44.8 Å². The van der Waals surface area contributed by atoms with Gasteiger partial charge in [-0.2, -0.15) is 5.21 Å². The number of carbonyl (C=O) groups excluding carboxylic acids is 4. The highest BCUT2D eigenvalue weighted by Gasteiger charge is 2.15. The van der Waals surface area contributed by atoms with Gasteiger partial charge in [0.2, 0.25) is 11.8 Å². The molecule has 22 heteroatoms. The number of aromatic amines is 1. The number of tetrazole rings is 1. The average molecular weight is 939 g/mol. The van der Waals surface area contributed by atoms with Gasteiger partial charge in [0.15, 0.2) is 5.82 Å². The van der Waals surface area contributed by atoms with Gasteiger partial charge >= 0.3 is 23.9 Å². The van der Waals surface area contributed by atoms with Crippen molar-refractivity contribution in [1.82, 2.24) is 36.6 Å². The van der Waals surface area contributed by atoms with E-state index in [-0.39, 0.29) is 79.8 Å². The summed E-state index contributed by atoms with van der Waals surface area (Å²) in [5, 5.41) is 71.0. The Bertz CT molecular complexity index is 1400. The normalized spacial score (nSPS) is 11.0. The number of nitrogens with zero attached hydrogens (tertiary/aromatic N) is 3. The van der Waals surface area contributed by atoms with Crippen molar-refractivity contribution >= 4 is 47.3 Å². The van der Waals surface area contributed by atoms with Gasteiger partial charge in [0.25, 0.3) is 0 Å². The van der Waals surface area contributed by atoms with Crippen molar-refractivity contribution in [3.63, 3.8) is 0 Å². The first kappa shape index (κ1) is 71.7. The molecule has 0 aromatic carbocycles. The van der Waals surface area contributed by atoms with E-state index in [4.69, 9.17) is 36.4 Å². The Morgan fingerprint density at radius 1 is 0.662 bits per heavy atom. The molecule has 2 atom stereocenters. The van der Waals surface area contributed by atoms with E-state index in [1.165, 1.54) is 6.92 Å². The zero-order chi connectivity index (χ0) is 52.4. The maximum atomic E-state index is 11.1. The number of Topliss-reactive ketones (excluding diaryl/α,β-unsaturated/α-hetero) is 2. The molecule has 1 rings (SSSR count). The molecule has 0 fully saturated rings. The molecule has 0 saturated heterocycles. The van der Waals surface area contributed by atoms with E-state index in [0.717, 1.165) is 12.2 Å². The summed E-state index contributed by atoms with van der Waals surface area (Å²) < 4.78 is 0. The van der Waals surface area contributed by atoms with Gasteiger partial charge in [-0.3, -0.25) is 33.6 Å². The van der Waals surface area contributed by atoms with Crippen LogP contribution in [0.1, 0.15) is 155 Å². The number of hydrogen-bond acceptors (Lipinski definition) is 15. The number of carboxylic acids is 4. The Morgan fingerprint density at radius 3 is 1.45 bits per heavy atom. The minimum atomic E-state index is -1.10. The third-order valence-electron chi connectivity index (χ3n) is 6.74. The SMILES string of the molecule is CC(=O)CCC(=O)C(C)C.CC(C)CC(=O)O.CC(C)CC(O)CO.CC(C)Cc1nn[nH]n1.CC(C)NC(=O)C(N)CCC(=O)O.CC(C)NC(=O)CC(=O)O.CC(C)NCC(=O)O. The number of carbonyl (C=O) groups is 8. The van der Waals surface area contributed by atoms with E-state index < -0.39 is 48.4 Å². The van der Waals surface area contributed by atoms with E-state index in [0.29, 0.717) is 31.1 Å². The molecule has 2 amide bonds. The summed E-state index contributed by atoms with van der Waals surface area (Å²) in [6.07, 6.45) is 1.81. The van der Waals surface area contributed by atoms with Crippen LogP contribution in [0.3, 0.4) is 0 Å². The summed E-state index contributed by atoms with van der Waals surface area (Å²) in [5.74, 6) is -1.82. The van der Waals surface area contributed by atoms with Crippen molar-refractivity contribution in [2.45, 2.75) is 185 Å². The number of aliphatic carboxylic acids is 4. The average Bonchev–Trinajstić information content (AvgIpc) is 3.64. The lowest BCUT2D eigenvalue weighted by atomic mass is 10.0. The first-order chi connectivity index (χ1) is 29.7. The molecule has 1 aromatic heterocycles. The first-order valence-corrected chi connectivity index (χ1v) is 21.7. The zero-order valence-electron chi connectivity index (χ0n) is 41.6. The molecular formula is C43H86N8O14. The van der Waals surface area contributed by atoms with Crippen molar-refractivity contribution in [2.24, 2.45) is 29.4 Å². The third-order valence-corrected chi connectivity index (χ3v) is 6.74. The predicted octanol–water partition coefficient (Wildman–Crippen LogP) is 3.24. The van der Waals surface area contributed by atoms with Crippen LogP contribution < -0.4 is 21.7 Å². The molecule has 0 aliphatic carbocycles. The van der Waals surface area contributed by atoms with Crippen molar-refractivity contribution in [3.8, 4) is 0 Å². The summed E-state index contributed by atoms with van der Waals surface area (Å²) in [5.41, 5.74) is 5.44. The van der Waals surface area contributed by atoms with Gasteiger partial charge in [-0.1, -0.05) is 74.5 Å². The molecule has 0 aliphatic heterocycles. The van der Waals surface area contributed by atoms with E-state index in [2.05, 4.69) is 50.4 Å². The predicted molar refractivity (Wildman–Crippen MR) is 247 cm³/mol. The lowest BCUT2D eigenvalue weighted by Crippen LogP contribution is -2.43. The Morgan fingerprint density at radius 2 is 1.18 bits per heavy atom. The van der Waals surface area contributed by atoms with E-state index in [9.17, 15) is 38.4 Å². The number of nitrogens with one attached hydrogen (secondary N) is 4. The second kappa shape index (κ2) is 45.6. The molecule has 0 radical (unpaired) electrons. The number of aliphatic hydroxyl groups is 2. The van der Waals surface area contributed by atoms with Crippen molar-refractivity contribution in [1.29, 1.82) is 0 Å². The van der Waals surface area contributed by atoms with Crippen LogP contribution in [0.5, 0.6) is 0 Å². The summed E-state index contributed by atoms with van der Waals surface area (Å²) in [7, 11) is 0. The lowest BCUT2D eigenvalue weighted by Gasteiger charge is -2.13. The van der Waals surface area contributed by atoms with Crippen molar-refractivity contribution in [2.75, 3.05) is 13.2 Å². The van der Waals surface area contributed by atoms with Gasteiger partial charge in [0, 0.05) is 56.1 Å². The van der Waals surface area contributed by atoms with E-state index >= 15 is 0 Å². The van der Waals surface area contributed by atoms with Crippen molar-refractivity contribution in [3.05, 3.63) is 5.82 Å². The van der Waals surface area contributed by atoms with E-state index in [1.807, 2.05) is 69.2 Å². The number of carboxylic acid groups (broad SMARTS) is 4. The van der Waals surface area contributed by atoms with Crippen LogP contribution in [0.2, 0.25) is 0 Å². The Balaban J connectivity index is -0.000000158. The molecule has 382 valence electrons. The van der Waals surface area contributed by atoms with Crippen LogP contribution >= 0.6 is 0 Å². The largest absolute Gasteiger partial charge is 0.481 e. The molecule has 0 aliphatic rings. The minimum Gasteiger partial charge on any atom is -0.481 e. The Kier molecular flexibility index (Phi) is 50.3. The second-order valence-corrected chi connectivity index (χ2v) is 17.1. The number of hydrogen-bond donors (Lipinski definition) is 11. The van der Waals surface area contributed by atoms with Crippen LogP contribution in [0, 0.1) is 23.7 Å². The molecular weight excluding hydrogens is 853 g/mol. The molecule has 2 unspecified atom stereocenters. The molecule has 12 N–H and O–H groups in total. The van der Waals surface area contributed by atoms with Crippen LogP contribution in [0.15, 0.2) is 0 Å². The number of H-pyrrole nitrogens is 1. The smallest absolute Gasteiger partial charge is 0.317 e. The number of amides is 2. The fraction of sp³-hybridized carbons (Fsp3) is 0.791. The second-order valence-electron chi connectivity index (χ2n) is 17.1. The summed E-state index contributed by atoms with van der Waals surface area (Å²) in [6.45, 7) is 28.2. The van der Waals surface area contributed by atoms with Gasteiger partial charge in [0.1, 0.15) is 18.0 Å². The fourth-order valence-corrected chi connectivity index (χ4v) is 3.79. The highest BCUT2D eigenvalue weighted by molar-refractivity contribution is 5.93. The first-order valence-electron chi connectivity index (χ1n) is 21.7. The minimum absolute atomic E-state index is 0.00634. The van der Waals surface area contributed by atoms with Gasteiger partial charge in [0.05, 0.1) is 25.3 Å². The van der Waals surface area contributed by atoms with Crippen LogP contribution in [0.25, 0.3) is 0 Å². The molecule has 0 saturated carbocycles. The maximum absolute atomic E-state index is 11.1. The van der Waals surface area contributed by atoms with Gasteiger partial charge in [-0.25, -0.2) is 0 Å². The quantitative estimate of drug-likeness (QED) is 0.0743. The molecule has 0 bridgehead atoms. The lowest BCUT2D eigenvalue weighted by molar-refractivity contribution is -0.141. The number of nitrogens with two attached hydrogens (primary N) is 1. The molecule has 22 nitrogen and oxygen atoms in total. The van der Waals surface area contributed by atoms with Gasteiger partial charge in [-0.05, 0) is 65.2 Å². The van der Waals surface area contributed by atoms with Gasteiger partial charge < -0.3 is 57.1 Å². The molecule has 0 spiro atoms. The topological polar surface area (TPSA) is 375 Å². The summed E-state index contributed by atoms with van der Waals surface area (Å²) in [6, 6.07) is -0.431. The monoisotopic (exact) mass is 939 g/mol. The molecule has 65 heavy (non-hydrogen) atoms. The molecule has 1 aromatic rings. The number of aliphatic hydroxyl groups excluding tert-OH is 2. The van der Waals surface area contributed by atoms with Crippen LogP contribution in [-0.4, -0.2) is 142 Å². The standard InChI is InChI=1S/C8H16N2O3.C8H14O2.C6H11NO3.C6H14O2.C5H10N4.C5H11NO2.C5H10O2/c1-5(2)10-8(13)6(9)3-4-7(11)12;1-6(2)8(10)5-4-7(3)9;1-4(2)7-5(8)3-6(9)10;1-5(2)3-6(8)4-7;1-4(2)3-5-6-8-9-7-5;1-4(2)6-3-5(7)8;1-4(2)3-5(6)7/h5-6H,3-4,9H2,1-2H3,(H,10,13)(H,11,12);6H,4-5H2,1-3H3;4H,3H2,1-2H3,(H,7,8)(H,9,10);5-8H,3-4H2,1-2H3;4H,3H2,1-2H3,(H,6,7,8,9);4,6H,3H2,1-2H3,(H,7,8);4H,3H2,1-2H3,(H,6,7). The Labute approximate surface area is 386 Å². The molecule has 1 heterocycles.